The summed E-state index contributed by atoms with van der Waals surface area (Å²) in [6.07, 6.45) is 9.89. The van der Waals surface area contributed by atoms with Crippen LogP contribution in [-0.2, 0) is 4.79 Å². The van der Waals surface area contributed by atoms with E-state index in [0.29, 0.717) is 13.0 Å². The Morgan fingerprint density at radius 2 is 2.10 bits per heavy atom. The molecule has 0 aromatic carbocycles. The van der Waals surface area contributed by atoms with Gasteiger partial charge in [0.05, 0.1) is 0 Å². The standard InChI is InChI=1S/C15H25N3O2/c1-2-14(19)16-13-9-6-10-18(11-13)15(20)17-12-7-4-3-5-8-12/h4,7,12-13H,2-3,5-6,8-11H2,1H3,(H,16,19)(H,17,20). The van der Waals surface area contributed by atoms with Crippen molar-refractivity contribution in [1.29, 1.82) is 0 Å². The zero-order valence-electron chi connectivity index (χ0n) is 12.2. The maximum atomic E-state index is 12.2. The quantitative estimate of drug-likeness (QED) is 0.774. The zero-order chi connectivity index (χ0) is 14.4. The number of nitrogens with one attached hydrogen (secondary N) is 2. The molecule has 2 atom stereocenters. The van der Waals surface area contributed by atoms with Gasteiger partial charge in [-0.3, -0.25) is 4.79 Å². The van der Waals surface area contributed by atoms with Gasteiger partial charge in [0.15, 0.2) is 0 Å². The summed E-state index contributed by atoms with van der Waals surface area (Å²) in [7, 11) is 0. The molecule has 1 saturated heterocycles. The van der Waals surface area contributed by atoms with Crippen molar-refractivity contribution >= 4 is 11.9 Å². The van der Waals surface area contributed by atoms with Crippen LogP contribution in [0, 0.1) is 0 Å². The second kappa shape index (κ2) is 7.31. The molecule has 0 spiro atoms. The Balaban J connectivity index is 1.81. The lowest BCUT2D eigenvalue weighted by Gasteiger charge is -2.34. The highest BCUT2D eigenvalue weighted by atomic mass is 16.2. The minimum atomic E-state index is -0.00278. The molecule has 1 fully saturated rings. The first-order valence-corrected chi connectivity index (χ1v) is 7.70. The van der Waals surface area contributed by atoms with Crippen LogP contribution >= 0.6 is 0 Å². The highest BCUT2D eigenvalue weighted by Gasteiger charge is 2.25. The van der Waals surface area contributed by atoms with Gasteiger partial charge < -0.3 is 15.5 Å². The van der Waals surface area contributed by atoms with E-state index in [2.05, 4.69) is 22.8 Å². The summed E-state index contributed by atoms with van der Waals surface area (Å²) in [5.41, 5.74) is 0. The van der Waals surface area contributed by atoms with Crippen LogP contribution in [0.1, 0.15) is 45.4 Å². The molecule has 2 aliphatic rings. The van der Waals surface area contributed by atoms with E-state index in [-0.39, 0.29) is 24.0 Å². The highest BCUT2D eigenvalue weighted by Crippen LogP contribution is 2.13. The number of carbonyl (C=O) groups excluding carboxylic acids is 2. The number of allylic oxidation sites excluding steroid dienone is 1. The van der Waals surface area contributed by atoms with Crippen LogP contribution in [-0.4, -0.2) is 42.0 Å². The summed E-state index contributed by atoms with van der Waals surface area (Å²) < 4.78 is 0. The Morgan fingerprint density at radius 1 is 1.25 bits per heavy atom. The number of likely N-dealkylation sites (tertiary alicyclic amines) is 1. The number of rotatable bonds is 3. The van der Waals surface area contributed by atoms with Crippen molar-refractivity contribution in [3.63, 3.8) is 0 Å². The van der Waals surface area contributed by atoms with Crippen molar-refractivity contribution in [2.24, 2.45) is 0 Å². The number of hydrogen-bond donors (Lipinski definition) is 2. The van der Waals surface area contributed by atoms with Crippen molar-refractivity contribution in [2.75, 3.05) is 13.1 Å². The van der Waals surface area contributed by atoms with Crippen molar-refractivity contribution in [3.05, 3.63) is 12.2 Å². The Labute approximate surface area is 120 Å². The van der Waals surface area contributed by atoms with Gasteiger partial charge in [0.25, 0.3) is 0 Å². The first-order valence-electron chi connectivity index (χ1n) is 7.70. The van der Waals surface area contributed by atoms with Crippen LogP contribution in [0.5, 0.6) is 0 Å². The topological polar surface area (TPSA) is 61.4 Å². The summed E-state index contributed by atoms with van der Waals surface area (Å²) >= 11 is 0. The summed E-state index contributed by atoms with van der Waals surface area (Å²) in [5, 5.41) is 6.05. The van der Waals surface area contributed by atoms with Crippen LogP contribution in [0.4, 0.5) is 4.79 Å². The largest absolute Gasteiger partial charge is 0.352 e. The molecule has 1 heterocycles. The van der Waals surface area contributed by atoms with Gasteiger partial charge in [-0.25, -0.2) is 4.79 Å². The molecule has 2 rings (SSSR count). The second-order valence-corrected chi connectivity index (χ2v) is 5.62. The fourth-order valence-electron chi connectivity index (χ4n) is 2.79. The van der Waals surface area contributed by atoms with Gasteiger partial charge in [-0.2, -0.15) is 0 Å². The minimum absolute atomic E-state index is 0.00278. The Kier molecular flexibility index (Phi) is 5.44. The van der Waals surface area contributed by atoms with Gasteiger partial charge >= 0.3 is 6.03 Å². The maximum absolute atomic E-state index is 12.2. The number of carbonyl (C=O) groups is 2. The van der Waals surface area contributed by atoms with Crippen molar-refractivity contribution in [2.45, 2.75) is 57.5 Å². The molecule has 1 aliphatic heterocycles. The summed E-state index contributed by atoms with van der Waals surface area (Å²) in [6, 6.07) is 0.266. The lowest BCUT2D eigenvalue weighted by Crippen LogP contribution is -2.53. The molecule has 0 aromatic rings. The Morgan fingerprint density at radius 3 is 2.80 bits per heavy atom. The van der Waals surface area contributed by atoms with Gasteiger partial charge in [-0.1, -0.05) is 19.1 Å². The van der Waals surface area contributed by atoms with Gasteiger partial charge in [0, 0.05) is 31.6 Å². The van der Waals surface area contributed by atoms with Crippen LogP contribution in [0.25, 0.3) is 0 Å². The number of piperidine rings is 1. The Bertz CT molecular complexity index is 381. The van der Waals surface area contributed by atoms with Gasteiger partial charge in [-0.15, -0.1) is 0 Å². The molecule has 2 unspecified atom stereocenters. The van der Waals surface area contributed by atoms with E-state index in [1.807, 2.05) is 11.8 Å². The van der Waals surface area contributed by atoms with Crippen LogP contribution in [0.15, 0.2) is 12.2 Å². The van der Waals surface area contributed by atoms with E-state index in [1.165, 1.54) is 0 Å². The first kappa shape index (κ1) is 14.9. The molecule has 0 bridgehead atoms. The van der Waals surface area contributed by atoms with Crippen LogP contribution in [0.3, 0.4) is 0 Å². The predicted molar refractivity (Wildman–Crippen MR) is 78.3 cm³/mol. The highest BCUT2D eigenvalue weighted by molar-refractivity contribution is 5.77. The lowest BCUT2D eigenvalue weighted by molar-refractivity contribution is -0.121. The molecule has 5 heteroatoms. The van der Waals surface area contributed by atoms with E-state index in [9.17, 15) is 9.59 Å². The third-order valence-electron chi connectivity index (χ3n) is 3.96. The number of hydrogen-bond acceptors (Lipinski definition) is 2. The molecule has 5 nitrogen and oxygen atoms in total. The molecular formula is C15H25N3O2. The van der Waals surface area contributed by atoms with Crippen molar-refractivity contribution < 1.29 is 9.59 Å². The third kappa shape index (κ3) is 4.25. The van der Waals surface area contributed by atoms with Crippen molar-refractivity contribution in [1.82, 2.24) is 15.5 Å². The van der Waals surface area contributed by atoms with E-state index < -0.39 is 0 Å². The van der Waals surface area contributed by atoms with E-state index in [4.69, 9.17) is 0 Å². The predicted octanol–water partition coefficient (Wildman–Crippen LogP) is 1.80. The smallest absolute Gasteiger partial charge is 0.317 e. The molecule has 1 aliphatic carbocycles. The van der Waals surface area contributed by atoms with E-state index >= 15 is 0 Å². The SMILES string of the molecule is CCC(=O)NC1CCCN(C(=O)NC2C=CCCC2)C1. The van der Waals surface area contributed by atoms with E-state index in [0.717, 1.165) is 38.6 Å². The van der Waals surface area contributed by atoms with Crippen molar-refractivity contribution in [3.8, 4) is 0 Å². The maximum Gasteiger partial charge on any atom is 0.317 e. The minimum Gasteiger partial charge on any atom is -0.352 e. The average Bonchev–Trinajstić information content (AvgIpc) is 2.48. The molecule has 0 saturated carbocycles. The van der Waals surface area contributed by atoms with Gasteiger partial charge in [-0.05, 0) is 32.1 Å². The number of amides is 3. The lowest BCUT2D eigenvalue weighted by atomic mass is 10.0. The Hall–Kier alpha value is -1.52. The van der Waals surface area contributed by atoms with Gasteiger partial charge in [0.2, 0.25) is 5.91 Å². The molecule has 20 heavy (non-hydrogen) atoms. The summed E-state index contributed by atoms with van der Waals surface area (Å²) in [4.78, 5) is 25.5. The molecule has 112 valence electrons. The second-order valence-electron chi connectivity index (χ2n) is 5.62. The van der Waals surface area contributed by atoms with Crippen LogP contribution in [0.2, 0.25) is 0 Å². The zero-order valence-corrected chi connectivity index (χ0v) is 12.2. The molecule has 3 amide bonds. The monoisotopic (exact) mass is 279 g/mol. The summed E-state index contributed by atoms with van der Waals surface area (Å²) in [5.74, 6) is 0.0625. The fraction of sp³-hybridized carbons (Fsp3) is 0.733. The first-order chi connectivity index (χ1) is 9.69. The summed E-state index contributed by atoms with van der Waals surface area (Å²) in [6.45, 7) is 3.24. The molecule has 0 aromatic heterocycles. The fourth-order valence-corrected chi connectivity index (χ4v) is 2.79. The molecule has 0 radical (unpaired) electrons. The number of nitrogens with zero attached hydrogens (tertiary/aromatic N) is 1. The van der Waals surface area contributed by atoms with Gasteiger partial charge in [0.1, 0.15) is 0 Å². The molecular weight excluding hydrogens is 254 g/mol. The number of urea groups is 1. The van der Waals surface area contributed by atoms with Crippen LogP contribution < -0.4 is 10.6 Å². The average molecular weight is 279 g/mol. The normalized spacial score (nSPS) is 26.1. The molecule has 2 N–H and O–H groups in total. The van der Waals surface area contributed by atoms with E-state index in [1.54, 1.807) is 0 Å². The third-order valence-corrected chi connectivity index (χ3v) is 3.96.